The van der Waals surface area contributed by atoms with E-state index in [0.717, 1.165) is 0 Å². The molecule has 0 saturated carbocycles. The second-order valence-electron chi connectivity index (χ2n) is 5.74. The highest BCUT2D eigenvalue weighted by Gasteiger charge is 2.55. The summed E-state index contributed by atoms with van der Waals surface area (Å²) in [5, 5.41) is 9.37. The van der Waals surface area contributed by atoms with Gasteiger partial charge in [-0.3, -0.25) is 4.79 Å². The van der Waals surface area contributed by atoms with Crippen molar-refractivity contribution in [3.05, 3.63) is 0 Å². The van der Waals surface area contributed by atoms with Crippen molar-refractivity contribution in [2.45, 2.75) is 63.7 Å². The molecule has 3 N–H and O–H groups in total. The molecule has 0 aromatic rings. The Labute approximate surface area is 111 Å². The third-order valence-corrected chi connectivity index (χ3v) is 3.13. The highest BCUT2D eigenvalue weighted by Crippen LogP contribution is 2.38. The Morgan fingerprint density at radius 3 is 2.11 bits per heavy atom. The van der Waals surface area contributed by atoms with Crippen molar-refractivity contribution >= 4 is 5.91 Å². The maximum Gasteiger partial charge on any atom is 0.249 e. The number of ether oxygens (including phenoxy) is 4. The van der Waals surface area contributed by atoms with Crippen LogP contribution < -0.4 is 5.73 Å². The van der Waals surface area contributed by atoms with Crippen LogP contribution in [0.3, 0.4) is 0 Å². The molecular weight excluding hydrogens is 254 g/mol. The average molecular weight is 275 g/mol. The lowest BCUT2D eigenvalue weighted by Gasteiger charge is -2.24. The fraction of sp³-hybridized carbons (Fsp3) is 0.917. The van der Waals surface area contributed by atoms with Gasteiger partial charge in [-0.15, -0.1) is 0 Å². The van der Waals surface area contributed by atoms with E-state index in [1.165, 1.54) is 0 Å². The monoisotopic (exact) mass is 275 g/mol. The number of rotatable bonds is 3. The van der Waals surface area contributed by atoms with Crippen LogP contribution in [-0.4, -0.2) is 53.6 Å². The molecule has 2 saturated heterocycles. The van der Waals surface area contributed by atoms with Gasteiger partial charge in [-0.25, -0.2) is 0 Å². The van der Waals surface area contributed by atoms with Crippen LogP contribution in [0, 0.1) is 0 Å². The number of carbonyl (C=O) groups is 1. The van der Waals surface area contributed by atoms with Crippen molar-refractivity contribution in [3.63, 3.8) is 0 Å². The van der Waals surface area contributed by atoms with Gasteiger partial charge in [0.1, 0.15) is 18.3 Å². The van der Waals surface area contributed by atoms with Gasteiger partial charge in [0.05, 0.1) is 6.61 Å². The first-order valence-corrected chi connectivity index (χ1v) is 6.27. The molecule has 0 spiro atoms. The highest BCUT2D eigenvalue weighted by atomic mass is 16.8. The quantitative estimate of drug-likeness (QED) is 0.720. The van der Waals surface area contributed by atoms with Crippen LogP contribution in [0.25, 0.3) is 0 Å². The van der Waals surface area contributed by atoms with Gasteiger partial charge in [0, 0.05) is 0 Å². The van der Waals surface area contributed by atoms with Gasteiger partial charge >= 0.3 is 0 Å². The SMILES string of the molecule is CC1(C)O[C@H]([C@@H]2OC(C)(C)O[C@H]2C(N)=O)[C@@H](CO)O1. The van der Waals surface area contributed by atoms with E-state index < -0.39 is 41.9 Å². The van der Waals surface area contributed by atoms with Crippen LogP contribution in [0.4, 0.5) is 0 Å². The summed E-state index contributed by atoms with van der Waals surface area (Å²) >= 11 is 0. The average Bonchev–Trinajstić information content (AvgIpc) is 2.74. The third-order valence-electron chi connectivity index (χ3n) is 3.13. The van der Waals surface area contributed by atoms with Crippen LogP contribution >= 0.6 is 0 Å². The molecule has 0 unspecified atom stereocenters. The van der Waals surface area contributed by atoms with Crippen LogP contribution in [0.1, 0.15) is 27.7 Å². The lowest BCUT2D eigenvalue weighted by atomic mass is 10.0. The molecule has 0 aliphatic carbocycles. The minimum absolute atomic E-state index is 0.236. The van der Waals surface area contributed by atoms with Gasteiger partial charge in [0.2, 0.25) is 5.91 Å². The molecule has 4 atom stereocenters. The summed E-state index contributed by atoms with van der Waals surface area (Å²) in [5.74, 6) is -2.41. The predicted molar refractivity (Wildman–Crippen MR) is 63.9 cm³/mol. The maximum absolute atomic E-state index is 11.5. The first-order valence-electron chi connectivity index (χ1n) is 6.27. The summed E-state index contributed by atoms with van der Waals surface area (Å²) in [6, 6.07) is 0. The summed E-state index contributed by atoms with van der Waals surface area (Å²) in [6.07, 6.45) is -2.82. The van der Waals surface area contributed by atoms with E-state index >= 15 is 0 Å². The Bertz CT molecular complexity index is 369. The standard InChI is InChI=1S/C12H21NO6/c1-11(2)16-6(5-14)7(17-11)8-9(10(13)15)19-12(3,4)18-8/h6-9,14H,5H2,1-4H3,(H2,13,15)/t6-,7+,8+,9-/m1/s1. The van der Waals surface area contributed by atoms with Gasteiger partial charge in [-0.2, -0.15) is 0 Å². The fourth-order valence-electron chi connectivity index (χ4n) is 2.53. The van der Waals surface area contributed by atoms with Gasteiger partial charge < -0.3 is 29.8 Å². The molecule has 1 amide bonds. The summed E-state index contributed by atoms with van der Waals surface area (Å²) in [6.45, 7) is 6.61. The van der Waals surface area contributed by atoms with Crippen molar-refractivity contribution in [2.24, 2.45) is 5.73 Å². The molecule has 2 aliphatic heterocycles. The number of aliphatic hydroxyl groups excluding tert-OH is 1. The zero-order valence-electron chi connectivity index (χ0n) is 11.6. The van der Waals surface area contributed by atoms with Crippen molar-refractivity contribution in [1.29, 1.82) is 0 Å². The van der Waals surface area contributed by atoms with Crippen molar-refractivity contribution in [2.75, 3.05) is 6.61 Å². The second-order valence-corrected chi connectivity index (χ2v) is 5.74. The minimum Gasteiger partial charge on any atom is -0.394 e. The molecule has 7 heteroatoms. The molecule has 2 rings (SSSR count). The third kappa shape index (κ3) is 2.90. The number of amides is 1. The molecule has 2 aliphatic rings. The van der Waals surface area contributed by atoms with E-state index in [2.05, 4.69) is 0 Å². The van der Waals surface area contributed by atoms with E-state index in [1.54, 1.807) is 27.7 Å². The second kappa shape index (κ2) is 4.68. The lowest BCUT2D eigenvalue weighted by molar-refractivity contribution is -0.175. The first-order chi connectivity index (χ1) is 8.65. The summed E-state index contributed by atoms with van der Waals surface area (Å²) in [5.41, 5.74) is 5.33. The maximum atomic E-state index is 11.5. The zero-order chi connectivity index (χ0) is 14.4. The van der Waals surface area contributed by atoms with E-state index in [1.807, 2.05) is 0 Å². The van der Waals surface area contributed by atoms with E-state index in [9.17, 15) is 9.90 Å². The van der Waals surface area contributed by atoms with Crippen LogP contribution in [0.2, 0.25) is 0 Å². The molecule has 0 aromatic carbocycles. The molecule has 110 valence electrons. The zero-order valence-corrected chi connectivity index (χ0v) is 11.6. The van der Waals surface area contributed by atoms with Crippen LogP contribution in [-0.2, 0) is 23.7 Å². The Balaban J connectivity index is 2.22. The van der Waals surface area contributed by atoms with Gasteiger partial charge in [-0.1, -0.05) is 0 Å². The number of hydrogen-bond acceptors (Lipinski definition) is 6. The first kappa shape index (κ1) is 14.7. The molecule has 0 radical (unpaired) electrons. The largest absolute Gasteiger partial charge is 0.394 e. The van der Waals surface area contributed by atoms with Gasteiger partial charge in [-0.05, 0) is 27.7 Å². The molecule has 19 heavy (non-hydrogen) atoms. The van der Waals surface area contributed by atoms with E-state index in [4.69, 9.17) is 24.7 Å². The summed E-state index contributed by atoms with van der Waals surface area (Å²) in [4.78, 5) is 11.5. The van der Waals surface area contributed by atoms with Gasteiger partial charge in [0.15, 0.2) is 17.7 Å². The van der Waals surface area contributed by atoms with Crippen molar-refractivity contribution in [1.82, 2.24) is 0 Å². The molecule has 7 nitrogen and oxygen atoms in total. The summed E-state index contributed by atoms with van der Waals surface area (Å²) in [7, 11) is 0. The number of aliphatic hydroxyl groups is 1. The molecule has 0 bridgehead atoms. The lowest BCUT2D eigenvalue weighted by Crippen LogP contribution is -2.48. The number of primary amides is 1. The Morgan fingerprint density at radius 1 is 1.05 bits per heavy atom. The normalized spacial score (nSPS) is 40.5. The van der Waals surface area contributed by atoms with E-state index in [0.29, 0.717) is 0 Å². The summed E-state index contributed by atoms with van der Waals surface area (Å²) < 4.78 is 22.4. The molecule has 2 heterocycles. The number of nitrogens with two attached hydrogens (primary N) is 1. The number of hydrogen-bond donors (Lipinski definition) is 2. The smallest absolute Gasteiger partial charge is 0.249 e. The van der Waals surface area contributed by atoms with E-state index in [-0.39, 0.29) is 6.61 Å². The predicted octanol–water partition coefficient (Wildman–Crippen LogP) is -0.496. The van der Waals surface area contributed by atoms with Crippen molar-refractivity contribution < 1.29 is 28.8 Å². The highest BCUT2D eigenvalue weighted by molar-refractivity contribution is 5.80. The molecule has 2 fully saturated rings. The fourth-order valence-corrected chi connectivity index (χ4v) is 2.53. The Morgan fingerprint density at radius 2 is 1.58 bits per heavy atom. The molecular formula is C12H21NO6. The minimum atomic E-state index is -0.930. The topological polar surface area (TPSA) is 100 Å². The Hall–Kier alpha value is -0.730. The van der Waals surface area contributed by atoms with Crippen LogP contribution in [0.5, 0.6) is 0 Å². The van der Waals surface area contributed by atoms with Gasteiger partial charge in [0.25, 0.3) is 0 Å². The Kier molecular flexibility index (Phi) is 3.61. The van der Waals surface area contributed by atoms with Crippen LogP contribution in [0.15, 0.2) is 0 Å². The van der Waals surface area contributed by atoms with Crippen molar-refractivity contribution in [3.8, 4) is 0 Å². The number of carbonyl (C=O) groups excluding carboxylic acids is 1. The molecule has 0 aromatic heterocycles.